The SMILES string of the molecule is CN([C@H](c1ccc(C(C)(C)C)cc1)c1ccccc1P(c1ccccc1)c1ccccc1)[S@](=O)C(C)(C)C. The third-order valence-electron chi connectivity index (χ3n) is 6.74. The fourth-order valence-electron chi connectivity index (χ4n) is 4.78. The lowest BCUT2D eigenvalue weighted by atomic mass is 9.86. The van der Waals surface area contributed by atoms with Crippen molar-refractivity contribution in [2.24, 2.45) is 0 Å². The van der Waals surface area contributed by atoms with E-state index >= 15 is 0 Å². The zero-order valence-electron chi connectivity index (χ0n) is 23.7. The molecule has 4 aromatic carbocycles. The molecule has 0 fully saturated rings. The van der Waals surface area contributed by atoms with Crippen LogP contribution in [0.5, 0.6) is 0 Å². The summed E-state index contributed by atoms with van der Waals surface area (Å²) in [5.74, 6) is 0. The molecule has 0 saturated carbocycles. The fourth-order valence-corrected chi connectivity index (χ4v) is 8.56. The van der Waals surface area contributed by atoms with Gasteiger partial charge in [0.2, 0.25) is 0 Å². The summed E-state index contributed by atoms with van der Waals surface area (Å²) in [5, 5.41) is 3.91. The lowest BCUT2D eigenvalue weighted by Gasteiger charge is -2.35. The minimum atomic E-state index is -1.21. The maximum atomic E-state index is 13.8. The van der Waals surface area contributed by atoms with Crippen molar-refractivity contribution >= 4 is 34.8 Å². The van der Waals surface area contributed by atoms with Crippen LogP contribution in [-0.2, 0) is 16.4 Å². The van der Waals surface area contributed by atoms with E-state index in [2.05, 4.69) is 134 Å². The summed E-state index contributed by atoms with van der Waals surface area (Å²) in [4.78, 5) is 0. The van der Waals surface area contributed by atoms with Gasteiger partial charge in [-0.3, -0.25) is 0 Å². The Hall–Kier alpha value is -2.58. The van der Waals surface area contributed by atoms with Gasteiger partial charge in [-0.25, -0.2) is 8.51 Å². The Labute approximate surface area is 233 Å². The Kier molecular flexibility index (Phi) is 8.72. The Bertz CT molecular complexity index is 1320. The zero-order chi connectivity index (χ0) is 27.5. The van der Waals surface area contributed by atoms with Crippen LogP contribution in [0.4, 0.5) is 0 Å². The molecule has 38 heavy (non-hydrogen) atoms. The largest absolute Gasteiger partial charge is 0.242 e. The summed E-state index contributed by atoms with van der Waals surface area (Å²) >= 11 is 0. The minimum Gasteiger partial charge on any atom is -0.242 e. The molecular formula is C34H40NOPS. The predicted molar refractivity (Wildman–Crippen MR) is 168 cm³/mol. The third kappa shape index (κ3) is 6.34. The maximum Gasteiger partial charge on any atom is 0.100 e. The Morgan fingerprint density at radius 1 is 0.658 bits per heavy atom. The summed E-state index contributed by atoms with van der Waals surface area (Å²) in [6.45, 7) is 12.9. The van der Waals surface area contributed by atoms with Gasteiger partial charge < -0.3 is 0 Å². The van der Waals surface area contributed by atoms with E-state index in [4.69, 9.17) is 0 Å². The van der Waals surface area contributed by atoms with Gasteiger partial charge in [-0.05, 0) is 66.7 Å². The first kappa shape index (κ1) is 28.4. The smallest absolute Gasteiger partial charge is 0.100 e. The van der Waals surface area contributed by atoms with Crippen LogP contribution in [-0.4, -0.2) is 20.3 Å². The first-order chi connectivity index (χ1) is 18.0. The van der Waals surface area contributed by atoms with E-state index in [0.717, 1.165) is 5.56 Å². The molecule has 0 N–H and O–H groups in total. The molecule has 4 aromatic rings. The number of nitrogens with zero attached hydrogens (tertiary/aromatic N) is 1. The third-order valence-corrected chi connectivity index (χ3v) is 11.0. The van der Waals surface area contributed by atoms with Crippen LogP contribution in [0.15, 0.2) is 109 Å². The molecule has 0 aromatic heterocycles. The molecule has 2 nitrogen and oxygen atoms in total. The van der Waals surface area contributed by atoms with E-state index in [9.17, 15) is 4.21 Å². The number of hydrogen-bond donors (Lipinski definition) is 0. The topological polar surface area (TPSA) is 20.3 Å². The van der Waals surface area contributed by atoms with Gasteiger partial charge in [0.1, 0.15) is 11.0 Å². The van der Waals surface area contributed by atoms with Gasteiger partial charge in [-0.2, -0.15) is 0 Å². The molecule has 0 aliphatic heterocycles. The second kappa shape index (κ2) is 11.7. The van der Waals surface area contributed by atoms with Crippen LogP contribution >= 0.6 is 7.92 Å². The van der Waals surface area contributed by atoms with Crippen LogP contribution in [0.3, 0.4) is 0 Å². The van der Waals surface area contributed by atoms with Crippen molar-refractivity contribution in [3.63, 3.8) is 0 Å². The molecule has 0 radical (unpaired) electrons. The first-order valence-electron chi connectivity index (χ1n) is 13.2. The van der Waals surface area contributed by atoms with Gasteiger partial charge in [-0.15, -0.1) is 0 Å². The van der Waals surface area contributed by atoms with Gasteiger partial charge in [0.05, 0.1) is 10.8 Å². The van der Waals surface area contributed by atoms with Crippen molar-refractivity contribution in [1.82, 2.24) is 4.31 Å². The molecule has 4 rings (SSSR count). The average molecular weight is 542 g/mol. The molecule has 4 heteroatoms. The van der Waals surface area contributed by atoms with Gasteiger partial charge >= 0.3 is 0 Å². The van der Waals surface area contributed by atoms with E-state index < -0.39 is 18.9 Å². The molecular weight excluding hydrogens is 501 g/mol. The van der Waals surface area contributed by atoms with Gasteiger partial charge in [0.25, 0.3) is 0 Å². The molecule has 0 aliphatic rings. The van der Waals surface area contributed by atoms with Crippen molar-refractivity contribution in [2.75, 3.05) is 7.05 Å². The summed E-state index contributed by atoms with van der Waals surface area (Å²) in [6, 6.07) is 39.1. The molecule has 0 heterocycles. The number of rotatable bonds is 7. The van der Waals surface area contributed by atoms with Crippen molar-refractivity contribution in [1.29, 1.82) is 0 Å². The highest BCUT2D eigenvalue weighted by atomic mass is 32.2. The predicted octanol–water partition coefficient (Wildman–Crippen LogP) is 7.23. The number of benzene rings is 4. The quantitative estimate of drug-likeness (QED) is 0.226. The molecule has 0 amide bonds. The highest BCUT2D eigenvalue weighted by Gasteiger charge is 2.33. The minimum absolute atomic E-state index is 0.0704. The van der Waals surface area contributed by atoms with Gasteiger partial charge in [0, 0.05) is 7.05 Å². The van der Waals surface area contributed by atoms with Crippen LogP contribution in [0.2, 0.25) is 0 Å². The van der Waals surface area contributed by atoms with E-state index in [1.807, 2.05) is 27.8 Å². The van der Waals surface area contributed by atoms with Crippen molar-refractivity contribution in [3.8, 4) is 0 Å². The van der Waals surface area contributed by atoms with Crippen LogP contribution in [0.25, 0.3) is 0 Å². The first-order valence-corrected chi connectivity index (χ1v) is 15.7. The summed E-state index contributed by atoms with van der Waals surface area (Å²) in [5.41, 5.74) is 3.72. The van der Waals surface area contributed by atoms with Crippen molar-refractivity contribution in [3.05, 3.63) is 126 Å². The van der Waals surface area contributed by atoms with Crippen LogP contribution in [0.1, 0.15) is 64.3 Å². The molecule has 198 valence electrons. The maximum absolute atomic E-state index is 13.8. The van der Waals surface area contributed by atoms with E-state index in [1.54, 1.807) is 0 Å². The van der Waals surface area contributed by atoms with Gasteiger partial charge in [0.15, 0.2) is 0 Å². The average Bonchev–Trinajstić information content (AvgIpc) is 2.90. The molecule has 0 spiro atoms. The van der Waals surface area contributed by atoms with Crippen molar-refractivity contribution < 1.29 is 4.21 Å². The van der Waals surface area contributed by atoms with Gasteiger partial charge in [-0.1, -0.05) is 130 Å². The van der Waals surface area contributed by atoms with E-state index in [1.165, 1.54) is 27.0 Å². The monoisotopic (exact) mass is 541 g/mol. The normalized spacial score (nSPS) is 14.0. The second-order valence-electron chi connectivity index (χ2n) is 11.7. The summed E-state index contributed by atoms with van der Waals surface area (Å²) in [7, 11) is -0.00989. The Morgan fingerprint density at radius 3 is 1.61 bits per heavy atom. The lowest BCUT2D eigenvalue weighted by Crippen LogP contribution is -2.39. The second-order valence-corrected chi connectivity index (χ2v) is 16.2. The molecule has 0 bridgehead atoms. The lowest BCUT2D eigenvalue weighted by molar-refractivity contribution is 0.441. The zero-order valence-corrected chi connectivity index (χ0v) is 25.4. The Morgan fingerprint density at radius 2 is 1.13 bits per heavy atom. The van der Waals surface area contributed by atoms with E-state index in [0.29, 0.717) is 0 Å². The highest BCUT2D eigenvalue weighted by molar-refractivity contribution is 7.84. The Balaban J connectivity index is 1.94. The van der Waals surface area contributed by atoms with Crippen molar-refractivity contribution in [2.45, 2.75) is 57.7 Å². The molecule has 0 unspecified atom stereocenters. The standard InChI is InChI=1S/C34H40NOPS/c1-33(2,3)27-24-22-26(23-25-27)32(35(7)38(36)34(4,5)6)30-20-14-15-21-31(30)37(28-16-10-8-11-17-28)29-18-12-9-13-19-29/h8-25,32H,1-7H3/t32-,38-/m1/s1. The highest BCUT2D eigenvalue weighted by Crippen LogP contribution is 2.39. The molecule has 0 saturated heterocycles. The summed E-state index contributed by atoms with van der Waals surface area (Å²) in [6.07, 6.45) is 0. The summed E-state index contributed by atoms with van der Waals surface area (Å²) < 4.78 is 15.5. The fraction of sp³-hybridized carbons (Fsp3) is 0.294. The van der Waals surface area contributed by atoms with Crippen LogP contribution < -0.4 is 15.9 Å². The molecule has 0 aliphatic carbocycles. The molecule has 2 atom stereocenters. The van der Waals surface area contributed by atoms with E-state index in [-0.39, 0.29) is 16.2 Å². The van der Waals surface area contributed by atoms with Crippen LogP contribution in [0, 0.1) is 0 Å². The number of hydrogen-bond acceptors (Lipinski definition) is 1.